The minimum atomic E-state index is -4.22. The maximum atomic E-state index is 12.1. The number of nitro benzene ring substituents is 1. The number of nitrogens with zero attached hydrogens (tertiary/aromatic N) is 1. The van der Waals surface area contributed by atoms with Gasteiger partial charge >= 0.3 is 0 Å². The Labute approximate surface area is 113 Å². The number of halogens is 2. The molecule has 1 atom stereocenters. The van der Waals surface area contributed by atoms with E-state index in [0.717, 1.165) is 12.1 Å². The van der Waals surface area contributed by atoms with Crippen LogP contribution >= 0.6 is 0 Å². The van der Waals surface area contributed by atoms with E-state index in [1.165, 1.54) is 13.0 Å². The first-order chi connectivity index (χ1) is 9.15. The summed E-state index contributed by atoms with van der Waals surface area (Å²) in [6.45, 7) is 0.518. The molecule has 0 aliphatic heterocycles. The summed E-state index contributed by atoms with van der Waals surface area (Å²) in [5, 5.41) is 19.5. The van der Waals surface area contributed by atoms with Gasteiger partial charge < -0.3 is 5.11 Å². The third kappa shape index (κ3) is 3.92. The van der Waals surface area contributed by atoms with Gasteiger partial charge in [0.15, 0.2) is 0 Å². The summed E-state index contributed by atoms with van der Waals surface area (Å²) < 4.78 is 49.7. The molecule has 112 valence electrons. The summed E-state index contributed by atoms with van der Waals surface area (Å²) in [7, 11) is -4.22. The van der Waals surface area contributed by atoms with Crippen LogP contribution in [0.15, 0.2) is 23.1 Å². The van der Waals surface area contributed by atoms with Crippen LogP contribution < -0.4 is 4.72 Å². The first-order valence-electron chi connectivity index (χ1n) is 5.36. The second-order valence-corrected chi connectivity index (χ2v) is 5.70. The van der Waals surface area contributed by atoms with E-state index in [9.17, 15) is 27.3 Å². The van der Waals surface area contributed by atoms with Crippen molar-refractivity contribution in [3.05, 3.63) is 33.9 Å². The minimum Gasteiger partial charge on any atom is -0.386 e. The van der Waals surface area contributed by atoms with E-state index in [-0.39, 0.29) is 5.56 Å². The normalized spacial score (nSPS) is 13.4. The highest BCUT2D eigenvalue weighted by Crippen LogP contribution is 2.21. The number of nitro groups is 1. The first-order valence-corrected chi connectivity index (χ1v) is 6.84. The molecule has 0 amide bonds. The van der Waals surface area contributed by atoms with Crippen LogP contribution in [0.3, 0.4) is 0 Å². The summed E-state index contributed by atoms with van der Waals surface area (Å²) in [5.41, 5.74) is -0.222. The summed E-state index contributed by atoms with van der Waals surface area (Å²) in [6, 6.07) is 3.19. The van der Waals surface area contributed by atoms with Crippen molar-refractivity contribution in [2.24, 2.45) is 0 Å². The lowest BCUT2D eigenvalue weighted by Crippen LogP contribution is -2.36. The lowest BCUT2D eigenvalue weighted by atomic mass is 10.2. The van der Waals surface area contributed by atoms with Crippen molar-refractivity contribution in [3.63, 3.8) is 0 Å². The van der Waals surface area contributed by atoms with E-state index in [1.54, 1.807) is 4.72 Å². The van der Waals surface area contributed by atoms with Gasteiger partial charge in [-0.2, -0.15) is 0 Å². The van der Waals surface area contributed by atoms with Crippen molar-refractivity contribution >= 4 is 15.7 Å². The molecule has 0 aliphatic carbocycles. The number of rotatable bonds is 6. The van der Waals surface area contributed by atoms with Crippen molar-refractivity contribution in [2.45, 2.75) is 24.3 Å². The molecule has 7 nitrogen and oxygen atoms in total. The van der Waals surface area contributed by atoms with Crippen LogP contribution in [0.1, 0.15) is 5.56 Å². The molecule has 2 N–H and O–H groups in total. The highest BCUT2D eigenvalue weighted by atomic mass is 32.2. The third-order valence-corrected chi connectivity index (χ3v) is 4.01. The van der Waals surface area contributed by atoms with Crippen molar-refractivity contribution < 1.29 is 27.2 Å². The van der Waals surface area contributed by atoms with Crippen LogP contribution in [-0.4, -0.2) is 37.5 Å². The number of hydrogen-bond acceptors (Lipinski definition) is 5. The number of aliphatic hydroxyl groups excluding tert-OH is 1. The topological polar surface area (TPSA) is 110 Å². The Morgan fingerprint density at radius 3 is 2.55 bits per heavy atom. The van der Waals surface area contributed by atoms with Crippen LogP contribution in [0.2, 0.25) is 0 Å². The third-order valence-electron chi connectivity index (χ3n) is 2.45. The molecule has 0 saturated carbocycles. The molecule has 1 unspecified atom stereocenters. The first kappa shape index (κ1) is 16.4. The number of aryl methyl sites for hydroxylation is 1. The standard InChI is InChI=1S/C10H12F2N2O5S/c1-6-2-3-7(14(16)17)4-9(6)20(18,19)13-5-8(15)10(11)12/h2-4,8,10,13,15H,5H2,1H3. The monoisotopic (exact) mass is 310 g/mol. The van der Waals surface area contributed by atoms with Crippen LogP contribution in [-0.2, 0) is 10.0 Å². The van der Waals surface area contributed by atoms with E-state index in [1.807, 2.05) is 0 Å². The van der Waals surface area contributed by atoms with Gasteiger partial charge in [0.2, 0.25) is 10.0 Å². The highest BCUT2D eigenvalue weighted by Gasteiger charge is 2.24. The van der Waals surface area contributed by atoms with Crippen molar-refractivity contribution in [1.29, 1.82) is 0 Å². The summed E-state index contributed by atoms with van der Waals surface area (Å²) in [5.74, 6) is 0. The lowest BCUT2D eigenvalue weighted by molar-refractivity contribution is -0.385. The zero-order chi connectivity index (χ0) is 15.5. The Bertz CT molecular complexity index is 606. The molecular formula is C10H12F2N2O5S. The second kappa shape index (κ2) is 6.20. The Hall–Kier alpha value is -1.65. The van der Waals surface area contributed by atoms with Crippen LogP contribution in [0, 0.1) is 17.0 Å². The highest BCUT2D eigenvalue weighted by molar-refractivity contribution is 7.89. The molecule has 0 radical (unpaired) electrons. The Balaban J connectivity index is 3.03. The molecule has 0 aliphatic rings. The molecule has 1 aromatic carbocycles. The largest absolute Gasteiger partial charge is 0.386 e. The summed E-state index contributed by atoms with van der Waals surface area (Å²) in [6.07, 6.45) is -5.24. The number of aliphatic hydroxyl groups is 1. The number of benzene rings is 1. The number of sulfonamides is 1. The molecule has 1 rings (SSSR count). The molecule has 0 aromatic heterocycles. The fourth-order valence-electron chi connectivity index (χ4n) is 1.35. The molecule has 0 spiro atoms. The van der Waals surface area contributed by atoms with E-state index in [4.69, 9.17) is 5.11 Å². The van der Waals surface area contributed by atoms with Crippen LogP contribution in [0.4, 0.5) is 14.5 Å². The summed E-state index contributed by atoms with van der Waals surface area (Å²) >= 11 is 0. The average Bonchev–Trinajstić information content (AvgIpc) is 2.35. The van der Waals surface area contributed by atoms with Gasteiger partial charge in [0.25, 0.3) is 12.1 Å². The predicted octanol–water partition coefficient (Wildman–Crippen LogP) is 0.808. The molecule has 0 bridgehead atoms. The lowest BCUT2D eigenvalue weighted by Gasteiger charge is -2.12. The molecule has 0 fully saturated rings. The minimum absolute atomic E-state index is 0.217. The van der Waals surface area contributed by atoms with Gasteiger partial charge in [-0.3, -0.25) is 10.1 Å². The Kier molecular flexibility index (Phi) is 5.09. The van der Waals surface area contributed by atoms with Crippen LogP contribution in [0.5, 0.6) is 0 Å². The number of alkyl halides is 2. The summed E-state index contributed by atoms with van der Waals surface area (Å²) in [4.78, 5) is 9.43. The number of non-ortho nitro benzene ring substituents is 1. The van der Waals surface area contributed by atoms with Gasteiger partial charge in [0.05, 0.1) is 9.82 Å². The maximum absolute atomic E-state index is 12.1. The molecular weight excluding hydrogens is 298 g/mol. The van der Waals surface area contributed by atoms with E-state index >= 15 is 0 Å². The Morgan fingerprint density at radius 1 is 1.45 bits per heavy atom. The quantitative estimate of drug-likeness (QED) is 0.597. The van der Waals surface area contributed by atoms with Crippen molar-refractivity contribution in [1.82, 2.24) is 4.72 Å². The van der Waals surface area contributed by atoms with Crippen LogP contribution in [0.25, 0.3) is 0 Å². The van der Waals surface area contributed by atoms with Gasteiger partial charge in [0, 0.05) is 18.7 Å². The average molecular weight is 310 g/mol. The maximum Gasteiger partial charge on any atom is 0.270 e. The van der Waals surface area contributed by atoms with Gasteiger partial charge in [-0.1, -0.05) is 6.07 Å². The number of nitrogens with one attached hydrogen (secondary N) is 1. The Morgan fingerprint density at radius 2 is 2.05 bits per heavy atom. The molecule has 0 heterocycles. The molecule has 1 aromatic rings. The van der Waals surface area contributed by atoms with Gasteiger partial charge in [-0.05, 0) is 12.5 Å². The SMILES string of the molecule is Cc1ccc([N+](=O)[O-])cc1S(=O)(=O)NCC(O)C(F)F. The molecule has 20 heavy (non-hydrogen) atoms. The molecule has 0 saturated heterocycles. The van der Waals surface area contributed by atoms with Crippen molar-refractivity contribution in [2.75, 3.05) is 6.54 Å². The number of hydrogen-bond donors (Lipinski definition) is 2. The van der Waals surface area contributed by atoms with E-state index < -0.39 is 44.6 Å². The van der Waals surface area contributed by atoms with Gasteiger partial charge in [0.1, 0.15) is 6.10 Å². The zero-order valence-electron chi connectivity index (χ0n) is 10.3. The fraction of sp³-hybridized carbons (Fsp3) is 0.400. The zero-order valence-corrected chi connectivity index (χ0v) is 11.1. The van der Waals surface area contributed by atoms with E-state index in [2.05, 4.69) is 0 Å². The van der Waals surface area contributed by atoms with Gasteiger partial charge in [-0.15, -0.1) is 0 Å². The van der Waals surface area contributed by atoms with E-state index in [0.29, 0.717) is 0 Å². The van der Waals surface area contributed by atoms with Gasteiger partial charge in [-0.25, -0.2) is 21.9 Å². The second-order valence-electron chi connectivity index (χ2n) is 3.96. The molecule has 10 heteroatoms. The smallest absolute Gasteiger partial charge is 0.270 e. The predicted molar refractivity (Wildman–Crippen MR) is 65.0 cm³/mol. The fourth-order valence-corrected chi connectivity index (χ4v) is 2.67. The van der Waals surface area contributed by atoms with Crippen molar-refractivity contribution in [3.8, 4) is 0 Å².